The van der Waals surface area contributed by atoms with Crippen LogP contribution in [0.2, 0.25) is 0 Å². The molecule has 0 fully saturated rings. The van der Waals surface area contributed by atoms with Gasteiger partial charge in [0.15, 0.2) is 0 Å². The summed E-state index contributed by atoms with van der Waals surface area (Å²) in [5.74, 6) is -0.177. The molecule has 2 amide bonds. The molecule has 0 aliphatic carbocycles. The van der Waals surface area contributed by atoms with E-state index in [2.05, 4.69) is 10.6 Å². The summed E-state index contributed by atoms with van der Waals surface area (Å²) in [6.07, 6.45) is 0.336. The van der Waals surface area contributed by atoms with Crippen LogP contribution in [-0.2, 0) is 11.2 Å². The van der Waals surface area contributed by atoms with Crippen LogP contribution in [0.25, 0.3) is 0 Å². The van der Waals surface area contributed by atoms with Crippen molar-refractivity contribution in [1.29, 1.82) is 0 Å². The first-order valence-corrected chi connectivity index (χ1v) is 6.76. The van der Waals surface area contributed by atoms with E-state index in [1.54, 1.807) is 25.2 Å². The van der Waals surface area contributed by atoms with Crippen LogP contribution in [-0.4, -0.2) is 18.9 Å². The van der Waals surface area contributed by atoms with Crippen molar-refractivity contribution >= 4 is 17.5 Å². The molecule has 0 radical (unpaired) electrons. The van der Waals surface area contributed by atoms with E-state index < -0.39 is 0 Å². The van der Waals surface area contributed by atoms with Crippen molar-refractivity contribution in [2.45, 2.75) is 13.3 Å². The van der Waals surface area contributed by atoms with E-state index >= 15 is 0 Å². The molecule has 2 rings (SSSR count). The summed E-state index contributed by atoms with van der Waals surface area (Å²) < 4.78 is 0. The normalized spacial score (nSPS) is 10.0. The highest BCUT2D eigenvalue weighted by Gasteiger charge is 2.06. The maximum Gasteiger partial charge on any atom is 0.255 e. The Labute approximate surface area is 124 Å². The molecule has 4 heteroatoms. The molecule has 4 nitrogen and oxygen atoms in total. The van der Waals surface area contributed by atoms with Gasteiger partial charge < -0.3 is 10.6 Å². The zero-order chi connectivity index (χ0) is 15.2. The summed E-state index contributed by atoms with van der Waals surface area (Å²) >= 11 is 0. The average molecular weight is 282 g/mol. The number of aryl methyl sites for hydroxylation is 1. The molecule has 0 unspecified atom stereocenters. The second kappa shape index (κ2) is 6.70. The summed E-state index contributed by atoms with van der Waals surface area (Å²) in [5.41, 5.74) is 3.29. The monoisotopic (exact) mass is 282 g/mol. The van der Waals surface area contributed by atoms with Crippen molar-refractivity contribution in [3.63, 3.8) is 0 Å². The number of anilines is 1. The van der Waals surface area contributed by atoms with Crippen molar-refractivity contribution in [3.05, 3.63) is 65.2 Å². The minimum absolute atomic E-state index is 0.0356. The fourth-order valence-electron chi connectivity index (χ4n) is 1.97. The van der Waals surface area contributed by atoms with Gasteiger partial charge in [-0.25, -0.2) is 0 Å². The first kappa shape index (κ1) is 14.8. The molecule has 0 atom stereocenters. The zero-order valence-corrected chi connectivity index (χ0v) is 12.1. The van der Waals surface area contributed by atoms with E-state index in [1.807, 2.05) is 37.3 Å². The molecule has 0 aromatic heterocycles. The average Bonchev–Trinajstić information content (AvgIpc) is 2.49. The van der Waals surface area contributed by atoms with Gasteiger partial charge in [0.25, 0.3) is 5.91 Å². The molecule has 0 aliphatic rings. The van der Waals surface area contributed by atoms with Crippen molar-refractivity contribution in [1.82, 2.24) is 5.32 Å². The molecule has 0 bridgehead atoms. The quantitative estimate of drug-likeness (QED) is 0.905. The molecule has 21 heavy (non-hydrogen) atoms. The van der Waals surface area contributed by atoms with E-state index in [0.717, 1.165) is 11.1 Å². The van der Waals surface area contributed by atoms with Gasteiger partial charge in [-0.2, -0.15) is 0 Å². The van der Waals surface area contributed by atoms with E-state index in [-0.39, 0.29) is 11.8 Å². The van der Waals surface area contributed by atoms with Crippen molar-refractivity contribution in [2.75, 3.05) is 12.4 Å². The summed E-state index contributed by atoms with van der Waals surface area (Å²) in [4.78, 5) is 23.4. The maximum absolute atomic E-state index is 12.1. The number of carbonyl (C=O) groups excluding carboxylic acids is 2. The van der Waals surface area contributed by atoms with Gasteiger partial charge in [0.1, 0.15) is 0 Å². The van der Waals surface area contributed by atoms with Crippen LogP contribution < -0.4 is 10.6 Å². The van der Waals surface area contributed by atoms with Gasteiger partial charge in [0, 0.05) is 18.3 Å². The number of rotatable bonds is 4. The zero-order valence-electron chi connectivity index (χ0n) is 12.1. The molecule has 0 heterocycles. The number of amides is 2. The first-order valence-electron chi connectivity index (χ1n) is 6.76. The van der Waals surface area contributed by atoms with E-state index in [4.69, 9.17) is 0 Å². The molecule has 2 aromatic rings. The van der Waals surface area contributed by atoms with E-state index in [1.165, 1.54) is 0 Å². The van der Waals surface area contributed by atoms with Crippen LogP contribution >= 0.6 is 0 Å². The molecular formula is C17H18N2O2. The molecule has 0 saturated carbocycles. The molecule has 0 spiro atoms. The molecule has 0 saturated heterocycles. The van der Waals surface area contributed by atoms with Gasteiger partial charge in [-0.3, -0.25) is 9.59 Å². The predicted molar refractivity (Wildman–Crippen MR) is 83.3 cm³/mol. The largest absolute Gasteiger partial charge is 0.359 e. The molecule has 2 aromatic carbocycles. The molecule has 108 valence electrons. The van der Waals surface area contributed by atoms with Crippen LogP contribution in [0.15, 0.2) is 48.5 Å². The summed E-state index contributed by atoms with van der Waals surface area (Å²) in [7, 11) is 1.61. The topological polar surface area (TPSA) is 58.2 Å². The Morgan fingerprint density at radius 2 is 1.76 bits per heavy atom. The van der Waals surface area contributed by atoms with Crippen LogP contribution in [0.3, 0.4) is 0 Å². The Kier molecular flexibility index (Phi) is 4.72. The lowest BCUT2D eigenvalue weighted by molar-refractivity contribution is -0.119. The van der Waals surface area contributed by atoms with E-state index in [9.17, 15) is 9.59 Å². The number of hydrogen-bond acceptors (Lipinski definition) is 2. The minimum Gasteiger partial charge on any atom is -0.359 e. The van der Waals surface area contributed by atoms with Crippen LogP contribution in [0.1, 0.15) is 21.5 Å². The number of benzene rings is 2. The van der Waals surface area contributed by atoms with Crippen molar-refractivity contribution in [2.24, 2.45) is 0 Å². The minimum atomic E-state index is -0.141. The third-order valence-electron chi connectivity index (χ3n) is 3.14. The lowest BCUT2D eigenvalue weighted by Crippen LogP contribution is -2.19. The fourth-order valence-corrected chi connectivity index (χ4v) is 1.97. The fraction of sp³-hybridized carbons (Fsp3) is 0.176. The first-order chi connectivity index (χ1) is 10.1. The van der Waals surface area contributed by atoms with Gasteiger partial charge in [0.2, 0.25) is 5.91 Å². The Hall–Kier alpha value is -2.62. The second-order valence-electron chi connectivity index (χ2n) is 4.87. The van der Waals surface area contributed by atoms with Gasteiger partial charge in [-0.05, 0) is 36.8 Å². The highest BCUT2D eigenvalue weighted by molar-refractivity contribution is 6.04. The third-order valence-corrected chi connectivity index (χ3v) is 3.14. The van der Waals surface area contributed by atoms with Gasteiger partial charge in [-0.1, -0.05) is 29.8 Å². The van der Waals surface area contributed by atoms with Crippen LogP contribution in [0.4, 0.5) is 5.69 Å². The van der Waals surface area contributed by atoms with Crippen LogP contribution in [0, 0.1) is 6.92 Å². The van der Waals surface area contributed by atoms with Gasteiger partial charge >= 0.3 is 0 Å². The predicted octanol–water partition coefficient (Wildman–Crippen LogP) is 2.54. The highest BCUT2D eigenvalue weighted by atomic mass is 16.2. The standard InChI is InChI=1S/C17H18N2O2/c1-12-4-3-5-14(10-12)17(21)19-15-8-6-13(7-9-15)11-16(20)18-2/h3-10H,11H2,1-2H3,(H,18,20)(H,19,21). The second-order valence-corrected chi connectivity index (χ2v) is 4.87. The summed E-state index contributed by atoms with van der Waals surface area (Å²) in [6.45, 7) is 1.95. The number of hydrogen-bond donors (Lipinski definition) is 2. The Balaban J connectivity index is 2.03. The SMILES string of the molecule is CNC(=O)Cc1ccc(NC(=O)c2cccc(C)c2)cc1. The molecule has 0 aliphatic heterocycles. The summed E-state index contributed by atoms with van der Waals surface area (Å²) in [6, 6.07) is 14.7. The van der Waals surface area contributed by atoms with Crippen molar-refractivity contribution < 1.29 is 9.59 Å². The lowest BCUT2D eigenvalue weighted by atomic mass is 10.1. The van der Waals surface area contributed by atoms with Gasteiger partial charge in [-0.15, -0.1) is 0 Å². The Morgan fingerprint density at radius 1 is 1.05 bits per heavy atom. The molecule has 2 N–H and O–H groups in total. The number of carbonyl (C=O) groups is 2. The lowest BCUT2D eigenvalue weighted by Gasteiger charge is -2.07. The Morgan fingerprint density at radius 3 is 2.38 bits per heavy atom. The van der Waals surface area contributed by atoms with Crippen LogP contribution in [0.5, 0.6) is 0 Å². The third kappa shape index (κ3) is 4.18. The van der Waals surface area contributed by atoms with Gasteiger partial charge in [0.05, 0.1) is 6.42 Å². The number of nitrogens with one attached hydrogen (secondary N) is 2. The smallest absolute Gasteiger partial charge is 0.255 e. The summed E-state index contributed by atoms with van der Waals surface area (Å²) in [5, 5.41) is 5.42. The Bertz CT molecular complexity index is 648. The highest BCUT2D eigenvalue weighted by Crippen LogP contribution is 2.12. The maximum atomic E-state index is 12.1. The van der Waals surface area contributed by atoms with Crippen molar-refractivity contribution in [3.8, 4) is 0 Å². The van der Waals surface area contributed by atoms with E-state index in [0.29, 0.717) is 17.7 Å². The molecular weight excluding hydrogens is 264 g/mol. The number of likely N-dealkylation sites (N-methyl/N-ethyl adjacent to an activating group) is 1.